The first kappa shape index (κ1) is 20.1. The quantitative estimate of drug-likeness (QED) is 0.577. The topological polar surface area (TPSA) is 117 Å². The molecule has 0 spiro atoms. The molecule has 2 rings (SSSR count). The van der Waals surface area contributed by atoms with Gasteiger partial charge in [-0.2, -0.15) is 5.10 Å². The molecule has 3 N–H and O–H groups in total. The van der Waals surface area contributed by atoms with E-state index in [9.17, 15) is 13.2 Å². The summed E-state index contributed by atoms with van der Waals surface area (Å²) in [4.78, 5) is 16.3. The lowest BCUT2D eigenvalue weighted by Gasteiger charge is -2.12. The van der Waals surface area contributed by atoms with Crippen molar-refractivity contribution < 1.29 is 13.2 Å². The van der Waals surface area contributed by atoms with Gasteiger partial charge >= 0.3 is 0 Å². The number of nitrogens with zero attached hydrogens (tertiary/aromatic N) is 2. The molecule has 1 atom stereocenters. The van der Waals surface area contributed by atoms with Crippen LogP contribution in [0.3, 0.4) is 0 Å². The van der Waals surface area contributed by atoms with E-state index in [-0.39, 0.29) is 10.8 Å². The smallest absolute Gasteiger partial charge is 0.251 e. The Morgan fingerprint density at radius 2 is 2.08 bits per heavy atom. The number of nitrogens with one attached hydrogen (secondary N) is 3. The number of sulfonamides is 1. The highest BCUT2D eigenvalue weighted by Crippen LogP contribution is 2.16. The Bertz CT molecular complexity index is 848. The SMILES string of the molecule is CCCCCNC(=O)c1cccc(S(=O)(=O)N[C@@H](C)c2n[nH]c(C)n2)c1. The number of carbonyl (C=O) groups is 1. The summed E-state index contributed by atoms with van der Waals surface area (Å²) in [5.74, 6) is 0.680. The number of amides is 1. The van der Waals surface area contributed by atoms with Gasteiger partial charge in [-0.05, 0) is 38.5 Å². The van der Waals surface area contributed by atoms with Crippen molar-refractivity contribution in [2.75, 3.05) is 6.54 Å². The van der Waals surface area contributed by atoms with E-state index in [1.165, 1.54) is 12.1 Å². The van der Waals surface area contributed by atoms with Gasteiger partial charge in [-0.1, -0.05) is 25.8 Å². The van der Waals surface area contributed by atoms with E-state index in [0.717, 1.165) is 19.3 Å². The van der Waals surface area contributed by atoms with Crippen LogP contribution in [0.1, 0.15) is 61.2 Å². The fourth-order valence-corrected chi connectivity index (χ4v) is 3.64. The van der Waals surface area contributed by atoms with Crippen LogP contribution >= 0.6 is 0 Å². The molecule has 0 fully saturated rings. The first-order valence-electron chi connectivity index (χ1n) is 8.63. The van der Waals surface area contributed by atoms with Crippen molar-refractivity contribution in [3.8, 4) is 0 Å². The maximum Gasteiger partial charge on any atom is 0.251 e. The van der Waals surface area contributed by atoms with Gasteiger partial charge in [0.25, 0.3) is 5.91 Å². The third-order valence-electron chi connectivity index (χ3n) is 3.81. The van der Waals surface area contributed by atoms with E-state index >= 15 is 0 Å². The standard InChI is InChI=1S/C17H25N5O3S/c1-4-5-6-10-18-17(23)14-8-7-9-15(11-14)26(24,25)22-12(2)16-19-13(3)20-21-16/h7-9,11-12,22H,4-6,10H2,1-3H3,(H,18,23)(H,19,20,21)/t12-/m0/s1. The Kier molecular flexibility index (Phi) is 6.87. The molecule has 0 unspecified atom stereocenters. The molecule has 1 aromatic heterocycles. The summed E-state index contributed by atoms with van der Waals surface area (Å²) in [7, 11) is -3.81. The molecular formula is C17H25N5O3S. The summed E-state index contributed by atoms with van der Waals surface area (Å²) in [5, 5.41) is 9.44. The highest BCUT2D eigenvalue weighted by atomic mass is 32.2. The number of aryl methyl sites for hydroxylation is 1. The molecule has 26 heavy (non-hydrogen) atoms. The molecule has 1 amide bonds. The van der Waals surface area contributed by atoms with Gasteiger partial charge in [-0.3, -0.25) is 9.89 Å². The summed E-state index contributed by atoms with van der Waals surface area (Å²) in [5.41, 5.74) is 0.311. The first-order valence-corrected chi connectivity index (χ1v) is 10.1. The van der Waals surface area contributed by atoms with Crippen molar-refractivity contribution in [3.05, 3.63) is 41.5 Å². The van der Waals surface area contributed by atoms with Crippen molar-refractivity contribution in [3.63, 3.8) is 0 Å². The minimum Gasteiger partial charge on any atom is -0.352 e. The fourth-order valence-electron chi connectivity index (χ4n) is 2.39. The molecular weight excluding hydrogens is 354 g/mol. The highest BCUT2D eigenvalue weighted by molar-refractivity contribution is 7.89. The molecule has 0 aliphatic rings. The Morgan fingerprint density at radius 1 is 1.31 bits per heavy atom. The monoisotopic (exact) mass is 379 g/mol. The number of rotatable bonds is 9. The largest absolute Gasteiger partial charge is 0.352 e. The first-order chi connectivity index (χ1) is 12.3. The summed E-state index contributed by atoms with van der Waals surface area (Å²) >= 11 is 0. The lowest BCUT2D eigenvalue weighted by atomic mass is 10.2. The Balaban J connectivity index is 2.08. The lowest BCUT2D eigenvalue weighted by Crippen LogP contribution is -2.28. The van der Waals surface area contributed by atoms with Crippen LogP contribution in [0.5, 0.6) is 0 Å². The summed E-state index contributed by atoms with van der Waals surface area (Å²) in [6.07, 6.45) is 3.00. The normalized spacial score (nSPS) is 12.7. The van der Waals surface area contributed by atoms with Crippen LogP contribution in [0.15, 0.2) is 29.2 Å². The predicted octanol–water partition coefficient (Wildman–Crippen LogP) is 2.07. The maximum absolute atomic E-state index is 12.6. The molecule has 0 aliphatic carbocycles. The van der Waals surface area contributed by atoms with Crippen LogP contribution < -0.4 is 10.0 Å². The van der Waals surface area contributed by atoms with E-state index in [1.807, 2.05) is 0 Å². The molecule has 1 heterocycles. The van der Waals surface area contributed by atoms with Crippen LogP contribution in [0.25, 0.3) is 0 Å². The average Bonchev–Trinajstić information content (AvgIpc) is 3.05. The Labute approximate surface area is 153 Å². The Morgan fingerprint density at radius 3 is 2.73 bits per heavy atom. The van der Waals surface area contributed by atoms with Gasteiger partial charge in [0.15, 0.2) is 5.82 Å². The number of H-pyrrole nitrogens is 1. The van der Waals surface area contributed by atoms with Crippen molar-refractivity contribution in [1.29, 1.82) is 0 Å². The number of carbonyl (C=O) groups excluding carboxylic acids is 1. The number of benzene rings is 1. The maximum atomic E-state index is 12.6. The highest BCUT2D eigenvalue weighted by Gasteiger charge is 2.21. The van der Waals surface area contributed by atoms with Gasteiger partial charge in [0.05, 0.1) is 10.9 Å². The molecule has 1 aromatic carbocycles. The van der Waals surface area contributed by atoms with Crippen molar-refractivity contribution in [1.82, 2.24) is 25.2 Å². The van der Waals surface area contributed by atoms with Gasteiger partial charge < -0.3 is 5.32 Å². The van der Waals surface area contributed by atoms with Crippen LogP contribution in [0.4, 0.5) is 0 Å². The van der Waals surface area contributed by atoms with Gasteiger partial charge in [0.2, 0.25) is 10.0 Å². The predicted molar refractivity (Wildman–Crippen MR) is 98.2 cm³/mol. The van der Waals surface area contributed by atoms with Crippen molar-refractivity contribution in [2.45, 2.75) is 51.0 Å². The zero-order chi connectivity index (χ0) is 19.2. The molecule has 8 nitrogen and oxygen atoms in total. The molecule has 0 bridgehead atoms. The number of aromatic nitrogens is 3. The second kappa shape index (κ2) is 8.91. The van der Waals surface area contributed by atoms with Crippen molar-refractivity contribution in [2.24, 2.45) is 0 Å². The van der Waals surface area contributed by atoms with Crippen LogP contribution in [-0.2, 0) is 10.0 Å². The van der Waals surface area contributed by atoms with E-state index < -0.39 is 16.1 Å². The van der Waals surface area contributed by atoms with Crippen LogP contribution in [0, 0.1) is 6.92 Å². The number of unbranched alkanes of at least 4 members (excludes halogenated alkanes) is 2. The molecule has 0 aliphatic heterocycles. The van der Waals surface area contributed by atoms with E-state index in [0.29, 0.717) is 23.8 Å². The second-order valence-electron chi connectivity index (χ2n) is 6.11. The van der Waals surface area contributed by atoms with E-state index in [4.69, 9.17) is 0 Å². The lowest BCUT2D eigenvalue weighted by molar-refractivity contribution is 0.0952. The Hall–Kier alpha value is -2.26. The molecule has 0 saturated carbocycles. The summed E-state index contributed by atoms with van der Waals surface area (Å²) < 4.78 is 27.7. The zero-order valence-corrected chi connectivity index (χ0v) is 16.1. The number of aromatic amines is 1. The minimum atomic E-state index is -3.81. The van der Waals surface area contributed by atoms with Gasteiger partial charge in [0, 0.05) is 12.1 Å². The van der Waals surface area contributed by atoms with E-state index in [2.05, 4.69) is 32.1 Å². The summed E-state index contributed by atoms with van der Waals surface area (Å²) in [6, 6.07) is 5.36. The van der Waals surface area contributed by atoms with Crippen LogP contribution in [0.2, 0.25) is 0 Å². The molecule has 2 aromatic rings. The molecule has 142 valence electrons. The second-order valence-corrected chi connectivity index (χ2v) is 7.83. The molecule has 9 heteroatoms. The minimum absolute atomic E-state index is 0.0258. The van der Waals surface area contributed by atoms with E-state index in [1.54, 1.807) is 26.0 Å². The number of hydrogen-bond donors (Lipinski definition) is 3. The number of hydrogen-bond acceptors (Lipinski definition) is 5. The van der Waals surface area contributed by atoms with Gasteiger partial charge in [0.1, 0.15) is 5.82 Å². The zero-order valence-electron chi connectivity index (χ0n) is 15.2. The fraction of sp³-hybridized carbons (Fsp3) is 0.471. The van der Waals surface area contributed by atoms with Crippen molar-refractivity contribution >= 4 is 15.9 Å². The molecule has 0 radical (unpaired) electrons. The summed E-state index contributed by atoms with van der Waals surface area (Å²) in [6.45, 7) is 6.05. The van der Waals surface area contributed by atoms with Gasteiger partial charge in [-0.15, -0.1) is 0 Å². The third kappa shape index (κ3) is 5.37. The molecule has 0 saturated heterocycles. The third-order valence-corrected chi connectivity index (χ3v) is 5.34. The van der Waals surface area contributed by atoms with Gasteiger partial charge in [-0.25, -0.2) is 18.1 Å². The van der Waals surface area contributed by atoms with Crippen LogP contribution in [-0.4, -0.2) is 36.1 Å². The average molecular weight is 379 g/mol.